The van der Waals surface area contributed by atoms with Crippen LogP contribution in [0.15, 0.2) is 24.3 Å². The van der Waals surface area contributed by atoms with Crippen LogP contribution >= 0.6 is 0 Å². The summed E-state index contributed by atoms with van der Waals surface area (Å²) in [4.78, 5) is 0. The third kappa shape index (κ3) is 7.48. The van der Waals surface area contributed by atoms with Crippen LogP contribution in [0.3, 0.4) is 0 Å². The molecular weight excluding hydrogens is 120 g/mol. The lowest BCUT2D eigenvalue weighted by Gasteiger charge is -1.69. The summed E-state index contributed by atoms with van der Waals surface area (Å²) >= 11 is 0. The van der Waals surface area contributed by atoms with E-state index in [9.17, 15) is 0 Å². The van der Waals surface area contributed by atoms with Crippen molar-refractivity contribution in [3.05, 3.63) is 24.3 Å². The zero-order chi connectivity index (χ0) is 7.66. The predicted molar refractivity (Wildman–Crippen MR) is 48.1 cm³/mol. The molecular formula is C10H18. The highest BCUT2D eigenvalue weighted by molar-refractivity contribution is 4.88. The molecule has 1 aliphatic rings. The molecule has 0 nitrogen and oxygen atoms in total. The molecule has 0 radical (unpaired) electrons. The average molecular weight is 138 g/mol. The monoisotopic (exact) mass is 138 g/mol. The number of hydrogen-bond donors (Lipinski definition) is 0. The van der Waals surface area contributed by atoms with Crippen molar-refractivity contribution >= 4 is 0 Å². The average Bonchev–Trinajstić information content (AvgIpc) is 2.44. The Balaban J connectivity index is 0.000000162. The molecule has 0 heterocycles. The minimum Gasteiger partial charge on any atom is -0.0917 e. The highest BCUT2D eigenvalue weighted by atomic mass is 13.9. The Morgan fingerprint density at radius 1 is 1.30 bits per heavy atom. The second kappa shape index (κ2) is 8.48. The normalized spacial score (nSPS) is 15.4. The molecule has 0 saturated heterocycles. The van der Waals surface area contributed by atoms with Crippen LogP contribution in [0.1, 0.15) is 39.5 Å². The largest absolute Gasteiger partial charge is 0.0917 e. The Morgan fingerprint density at radius 2 is 1.90 bits per heavy atom. The molecule has 0 amide bonds. The quantitative estimate of drug-likeness (QED) is 0.485. The van der Waals surface area contributed by atoms with Crippen molar-refractivity contribution in [3.8, 4) is 0 Å². The number of allylic oxidation sites excluding steroid dienone is 4. The van der Waals surface area contributed by atoms with Gasteiger partial charge in [-0.15, -0.1) is 0 Å². The lowest BCUT2D eigenvalue weighted by molar-refractivity contribution is 0.929. The van der Waals surface area contributed by atoms with E-state index in [1.54, 1.807) is 0 Å². The van der Waals surface area contributed by atoms with Gasteiger partial charge in [0.05, 0.1) is 0 Å². The molecule has 0 atom stereocenters. The molecule has 1 rings (SSSR count). The van der Waals surface area contributed by atoms with Gasteiger partial charge in [-0.3, -0.25) is 0 Å². The van der Waals surface area contributed by atoms with Crippen molar-refractivity contribution in [2.24, 2.45) is 0 Å². The zero-order valence-corrected chi connectivity index (χ0v) is 7.14. The van der Waals surface area contributed by atoms with Crippen molar-refractivity contribution in [1.82, 2.24) is 0 Å². The molecule has 10 heavy (non-hydrogen) atoms. The SMILES string of the molecule is C/C=C/CC.C1=CCCC1. The maximum absolute atomic E-state index is 2.24. The van der Waals surface area contributed by atoms with Crippen LogP contribution < -0.4 is 0 Å². The van der Waals surface area contributed by atoms with Crippen LogP contribution in [-0.2, 0) is 0 Å². The molecule has 0 spiro atoms. The Kier molecular flexibility index (Phi) is 8.04. The second-order valence-electron chi connectivity index (χ2n) is 2.38. The smallest absolute Gasteiger partial charge is 0.0348 e. The lowest BCUT2D eigenvalue weighted by atomic mass is 10.4. The molecule has 0 aliphatic heterocycles. The summed E-state index contributed by atoms with van der Waals surface area (Å²) in [6, 6.07) is 0. The van der Waals surface area contributed by atoms with Gasteiger partial charge in [0.1, 0.15) is 0 Å². The summed E-state index contributed by atoms with van der Waals surface area (Å²) in [6.45, 7) is 4.16. The minimum absolute atomic E-state index is 1.16. The van der Waals surface area contributed by atoms with Gasteiger partial charge < -0.3 is 0 Å². The van der Waals surface area contributed by atoms with Gasteiger partial charge in [0.2, 0.25) is 0 Å². The Morgan fingerprint density at radius 3 is 2.00 bits per heavy atom. The van der Waals surface area contributed by atoms with Gasteiger partial charge in [-0.1, -0.05) is 31.2 Å². The van der Waals surface area contributed by atoms with Gasteiger partial charge in [0.15, 0.2) is 0 Å². The highest BCUT2D eigenvalue weighted by Crippen LogP contribution is 2.05. The summed E-state index contributed by atoms with van der Waals surface area (Å²) < 4.78 is 0. The fourth-order valence-corrected chi connectivity index (χ4v) is 0.825. The first-order valence-electron chi connectivity index (χ1n) is 4.18. The third-order valence-corrected chi connectivity index (χ3v) is 1.38. The van der Waals surface area contributed by atoms with Crippen molar-refractivity contribution in [1.29, 1.82) is 0 Å². The van der Waals surface area contributed by atoms with E-state index in [0.29, 0.717) is 0 Å². The number of rotatable bonds is 1. The standard InChI is InChI=1S/C5H8.C5H10/c1-2-4-5-3-1;1-3-5-4-2/h1-2H,3-5H2;3,5H,4H2,1-2H3/b;5-3+. The molecule has 0 bridgehead atoms. The van der Waals surface area contributed by atoms with E-state index in [4.69, 9.17) is 0 Å². The topological polar surface area (TPSA) is 0 Å². The van der Waals surface area contributed by atoms with Crippen LogP contribution in [0.2, 0.25) is 0 Å². The lowest BCUT2D eigenvalue weighted by Crippen LogP contribution is -1.50. The van der Waals surface area contributed by atoms with Gasteiger partial charge in [-0.05, 0) is 32.6 Å². The summed E-state index contributed by atoms with van der Waals surface area (Å²) in [5.41, 5.74) is 0. The van der Waals surface area contributed by atoms with Gasteiger partial charge >= 0.3 is 0 Å². The van der Waals surface area contributed by atoms with Gasteiger partial charge in [0, 0.05) is 0 Å². The molecule has 0 aromatic heterocycles. The third-order valence-electron chi connectivity index (χ3n) is 1.38. The van der Waals surface area contributed by atoms with Crippen LogP contribution in [0.25, 0.3) is 0 Å². The minimum atomic E-state index is 1.16. The molecule has 0 aromatic carbocycles. The maximum Gasteiger partial charge on any atom is -0.0348 e. The van der Waals surface area contributed by atoms with Gasteiger partial charge in [-0.25, -0.2) is 0 Å². The predicted octanol–water partition coefficient (Wildman–Crippen LogP) is 3.70. The highest BCUT2D eigenvalue weighted by Gasteiger charge is 1.84. The van der Waals surface area contributed by atoms with Crippen molar-refractivity contribution in [2.45, 2.75) is 39.5 Å². The van der Waals surface area contributed by atoms with Crippen LogP contribution in [0, 0.1) is 0 Å². The second-order valence-corrected chi connectivity index (χ2v) is 2.38. The van der Waals surface area contributed by atoms with E-state index in [2.05, 4.69) is 31.2 Å². The summed E-state index contributed by atoms with van der Waals surface area (Å²) in [5.74, 6) is 0. The molecule has 0 N–H and O–H groups in total. The molecule has 0 fully saturated rings. The first-order chi connectivity index (χ1) is 4.91. The van der Waals surface area contributed by atoms with E-state index in [-0.39, 0.29) is 0 Å². The van der Waals surface area contributed by atoms with Crippen LogP contribution in [0.5, 0.6) is 0 Å². The Bertz CT molecular complexity index is 92.6. The molecule has 0 unspecified atom stereocenters. The van der Waals surface area contributed by atoms with Crippen molar-refractivity contribution < 1.29 is 0 Å². The Hall–Kier alpha value is -0.520. The fourth-order valence-electron chi connectivity index (χ4n) is 0.825. The van der Waals surface area contributed by atoms with Crippen molar-refractivity contribution in [3.63, 3.8) is 0 Å². The van der Waals surface area contributed by atoms with Gasteiger partial charge in [-0.2, -0.15) is 0 Å². The summed E-state index contributed by atoms with van der Waals surface area (Å²) in [6.07, 6.45) is 13.8. The maximum atomic E-state index is 2.24. The van der Waals surface area contributed by atoms with E-state index in [1.807, 2.05) is 6.92 Å². The van der Waals surface area contributed by atoms with Crippen LogP contribution in [0.4, 0.5) is 0 Å². The molecule has 0 saturated carbocycles. The summed E-state index contributed by atoms with van der Waals surface area (Å²) in [5, 5.41) is 0. The van der Waals surface area contributed by atoms with Crippen LogP contribution in [-0.4, -0.2) is 0 Å². The number of hydrogen-bond acceptors (Lipinski definition) is 0. The first-order valence-corrected chi connectivity index (χ1v) is 4.18. The molecule has 1 aliphatic carbocycles. The Labute approximate surface area is 64.6 Å². The molecule has 58 valence electrons. The van der Waals surface area contributed by atoms with E-state index in [1.165, 1.54) is 19.3 Å². The molecule has 0 aromatic rings. The fraction of sp³-hybridized carbons (Fsp3) is 0.600. The van der Waals surface area contributed by atoms with E-state index < -0.39 is 0 Å². The zero-order valence-electron chi connectivity index (χ0n) is 7.14. The van der Waals surface area contributed by atoms with Crippen molar-refractivity contribution in [2.75, 3.05) is 0 Å². The van der Waals surface area contributed by atoms with E-state index >= 15 is 0 Å². The first kappa shape index (κ1) is 9.48. The van der Waals surface area contributed by atoms with E-state index in [0.717, 1.165) is 6.42 Å². The van der Waals surface area contributed by atoms with Gasteiger partial charge in [0.25, 0.3) is 0 Å². The molecule has 0 heteroatoms. The summed E-state index contributed by atoms with van der Waals surface area (Å²) in [7, 11) is 0.